The summed E-state index contributed by atoms with van der Waals surface area (Å²) in [4.78, 5) is 23.4. The van der Waals surface area contributed by atoms with Gasteiger partial charge in [0, 0.05) is 35.6 Å². The van der Waals surface area contributed by atoms with Gasteiger partial charge in [-0.1, -0.05) is 54.6 Å². The summed E-state index contributed by atoms with van der Waals surface area (Å²) in [6.07, 6.45) is 0.323. The van der Waals surface area contributed by atoms with E-state index in [1.807, 2.05) is 55.5 Å². The molecule has 2 heterocycles. The minimum absolute atomic E-state index is 0.000112. The maximum Gasteiger partial charge on any atom is 0.269 e. The number of nitrogens with one attached hydrogen (secondary N) is 1. The number of hydrogen-bond donors (Lipinski definition) is 1. The fraction of sp³-hybridized carbons (Fsp3) is 0.120. The number of fused-ring (bicyclic) bond motifs is 1. The molecule has 3 aromatic carbocycles. The lowest BCUT2D eigenvalue weighted by molar-refractivity contribution is -0.384. The van der Waals surface area contributed by atoms with Gasteiger partial charge in [0.2, 0.25) is 5.91 Å². The van der Waals surface area contributed by atoms with E-state index in [4.69, 9.17) is 5.10 Å². The fourth-order valence-corrected chi connectivity index (χ4v) is 4.31. The molecule has 0 spiro atoms. The highest BCUT2D eigenvalue weighted by molar-refractivity contribution is 5.96. The topological polar surface area (TPSA) is 90.1 Å². The van der Waals surface area contributed by atoms with Gasteiger partial charge in [-0.3, -0.25) is 14.9 Å². The smallest absolute Gasteiger partial charge is 0.269 e. The van der Waals surface area contributed by atoms with Gasteiger partial charge in [-0.15, -0.1) is 0 Å². The largest absolute Gasteiger partial charge is 0.310 e. The molecule has 1 atom stereocenters. The molecular weight excluding hydrogens is 404 g/mol. The summed E-state index contributed by atoms with van der Waals surface area (Å²) >= 11 is 0. The molecule has 158 valence electrons. The van der Waals surface area contributed by atoms with Crippen molar-refractivity contribution < 1.29 is 9.72 Å². The molecule has 0 saturated carbocycles. The number of rotatable bonds is 4. The van der Waals surface area contributed by atoms with E-state index in [-0.39, 0.29) is 17.5 Å². The Bertz CT molecular complexity index is 1330. The third kappa shape index (κ3) is 3.33. The number of benzene rings is 3. The molecule has 7 heteroatoms. The molecule has 1 unspecified atom stereocenters. The first kappa shape index (κ1) is 19.7. The highest BCUT2D eigenvalue weighted by Crippen LogP contribution is 2.44. The molecular formula is C25H20N4O3. The van der Waals surface area contributed by atoms with Crippen molar-refractivity contribution in [3.8, 4) is 16.9 Å². The summed E-state index contributed by atoms with van der Waals surface area (Å²) in [5.74, 6) is 0.359. The maximum absolute atomic E-state index is 12.8. The van der Waals surface area contributed by atoms with Crippen molar-refractivity contribution in [1.82, 2.24) is 9.78 Å². The van der Waals surface area contributed by atoms with Gasteiger partial charge < -0.3 is 5.32 Å². The third-order valence-corrected chi connectivity index (χ3v) is 5.83. The summed E-state index contributed by atoms with van der Waals surface area (Å²) in [6.45, 7) is 2.05. The highest BCUT2D eigenvalue weighted by Gasteiger charge is 2.34. The molecule has 1 aliphatic heterocycles. The normalized spacial score (nSPS) is 15.2. The lowest BCUT2D eigenvalue weighted by atomic mass is 9.82. The van der Waals surface area contributed by atoms with E-state index in [0.29, 0.717) is 17.9 Å². The monoisotopic (exact) mass is 424 g/mol. The van der Waals surface area contributed by atoms with Gasteiger partial charge in [-0.2, -0.15) is 5.10 Å². The lowest BCUT2D eigenvalue weighted by Gasteiger charge is -2.26. The number of anilines is 1. The van der Waals surface area contributed by atoms with Crippen LogP contribution in [0.2, 0.25) is 0 Å². The van der Waals surface area contributed by atoms with E-state index in [1.165, 1.54) is 12.1 Å². The van der Waals surface area contributed by atoms with Crippen LogP contribution in [-0.4, -0.2) is 20.6 Å². The van der Waals surface area contributed by atoms with E-state index in [2.05, 4.69) is 11.4 Å². The first-order valence-electron chi connectivity index (χ1n) is 10.3. The quantitative estimate of drug-likeness (QED) is 0.359. The summed E-state index contributed by atoms with van der Waals surface area (Å²) < 4.78 is 1.67. The number of nitro benzene ring substituents is 1. The van der Waals surface area contributed by atoms with Gasteiger partial charge >= 0.3 is 0 Å². The molecule has 1 aromatic heterocycles. The number of non-ortho nitro benzene ring substituents is 1. The number of carbonyl (C=O) groups excluding carboxylic acids is 1. The van der Waals surface area contributed by atoms with Gasteiger partial charge in [0.15, 0.2) is 0 Å². The Morgan fingerprint density at radius 1 is 1.00 bits per heavy atom. The molecule has 0 bridgehead atoms. The molecule has 1 N–H and O–H groups in total. The average Bonchev–Trinajstić information content (AvgIpc) is 3.19. The van der Waals surface area contributed by atoms with E-state index < -0.39 is 4.92 Å². The van der Waals surface area contributed by atoms with Crippen molar-refractivity contribution in [3.63, 3.8) is 0 Å². The van der Waals surface area contributed by atoms with Crippen LogP contribution >= 0.6 is 0 Å². The van der Waals surface area contributed by atoms with Crippen molar-refractivity contribution in [2.75, 3.05) is 5.32 Å². The lowest BCUT2D eigenvalue weighted by Crippen LogP contribution is -2.25. The van der Waals surface area contributed by atoms with Crippen LogP contribution < -0.4 is 5.32 Å². The summed E-state index contributed by atoms with van der Waals surface area (Å²) in [6, 6.07) is 24.1. The van der Waals surface area contributed by atoms with Crippen molar-refractivity contribution >= 4 is 17.4 Å². The second-order valence-corrected chi connectivity index (χ2v) is 7.82. The zero-order chi connectivity index (χ0) is 22.2. The van der Waals surface area contributed by atoms with E-state index >= 15 is 0 Å². The van der Waals surface area contributed by atoms with Crippen molar-refractivity contribution in [2.45, 2.75) is 19.3 Å². The van der Waals surface area contributed by atoms with Crippen LogP contribution in [0, 0.1) is 17.0 Å². The number of aromatic nitrogens is 2. The van der Waals surface area contributed by atoms with Crippen molar-refractivity contribution in [2.24, 2.45) is 0 Å². The molecule has 1 amide bonds. The van der Waals surface area contributed by atoms with Crippen LogP contribution in [0.1, 0.15) is 29.0 Å². The summed E-state index contributed by atoms with van der Waals surface area (Å²) in [7, 11) is 0. The Balaban J connectivity index is 1.75. The summed E-state index contributed by atoms with van der Waals surface area (Å²) in [5.41, 5.74) is 5.51. The van der Waals surface area contributed by atoms with Crippen LogP contribution in [0.3, 0.4) is 0 Å². The zero-order valence-corrected chi connectivity index (χ0v) is 17.4. The van der Waals surface area contributed by atoms with Crippen molar-refractivity contribution in [3.05, 3.63) is 106 Å². The molecule has 0 fully saturated rings. The van der Waals surface area contributed by atoms with Crippen molar-refractivity contribution in [1.29, 1.82) is 0 Å². The van der Waals surface area contributed by atoms with E-state index in [1.54, 1.807) is 16.8 Å². The van der Waals surface area contributed by atoms with E-state index in [9.17, 15) is 14.9 Å². The van der Waals surface area contributed by atoms with Crippen LogP contribution in [0.5, 0.6) is 0 Å². The Labute approximate surface area is 184 Å². The number of hydrogen-bond acceptors (Lipinski definition) is 4. The molecule has 0 saturated heterocycles. The second-order valence-electron chi connectivity index (χ2n) is 7.82. The zero-order valence-electron chi connectivity index (χ0n) is 17.4. The maximum atomic E-state index is 12.8. The Hall–Kier alpha value is -4.26. The number of nitrogens with zero attached hydrogens (tertiary/aromatic N) is 3. The predicted molar refractivity (Wildman–Crippen MR) is 122 cm³/mol. The predicted octanol–water partition coefficient (Wildman–Crippen LogP) is 5.23. The molecule has 1 aliphatic rings. The number of aryl methyl sites for hydroxylation is 1. The van der Waals surface area contributed by atoms with Crippen LogP contribution in [-0.2, 0) is 4.79 Å². The average molecular weight is 424 g/mol. The third-order valence-electron chi connectivity index (χ3n) is 5.83. The molecule has 7 nitrogen and oxygen atoms in total. The van der Waals surface area contributed by atoms with Gasteiger partial charge in [-0.25, -0.2) is 4.68 Å². The van der Waals surface area contributed by atoms with Crippen LogP contribution in [0.25, 0.3) is 16.9 Å². The fourth-order valence-electron chi connectivity index (χ4n) is 4.31. The van der Waals surface area contributed by atoms with Gasteiger partial charge in [0.25, 0.3) is 5.69 Å². The van der Waals surface area contributed by atoms with Crippen LogP contribution in [0.15, 0.2) is 78.9 Å². The first-order chi connectivity index (χ1) is 15.5. The number of amides is 1. The molecule has 5 rings (SSSR count). The number of nitro groups is 1. The Morgan fingerprint density at radius 2 is 1.69 bits per heavy atom. The Morgan fingerprint density at radius 3 is 2.38 bits per heavy atom. The second kappa shape index (κ2) is 7.77. The van der Waals surface area contributed by atoms with Gasteiger partial charge in [0.05, 0.1) is 16.3 Å². The minimum atomic E-state index is -0.437. The highest BCUT2D eigenvalue weighted by atomic mass is 16.6. The van der Waals surface area contributed by atoms with E-state index in [0.717, 1.165) is 27.9 Å². The standard InChI is InChI=1S/C25H20N4O3/c1-16-7-5-6-10-20(16)21-15-22(30)26-25-23(21)24(17-8-3-2-4-9-17)27-28(25)18-11-13-19(14-12-18)29(31)32/h2-14,21H,15H2,1H3,(H,26,30). The molecule has 32 heavy (non-hydrogen) atoms. The minimum Gasteiger partial charge on any atom is -0.310 e. The first-order valence-corrected chi connectivity index (χ1v) is 10.3. The van der Waals surface area contributed by atoms with Crippen LogP contribution in [0.4, 0.5) is 11.5 Å². The molecule has 0 aliphatic carbocycles. The summed E-state index contributed by atoms with van der Waals surface area (Å²) in [5, 5.41) is 19.0. The Kier molecular flexibility index (Phi) is 4.78. The molecule has 0 radical (unpaired) electrons. The molecule has 4 aromatic rings. The van der Waals surface area contributed by atoms with Gasteiger partial charge in [0.1, 0.15) is 5.82 Å². The SMILES string of the molecule is Cc1ccccc1C1CC(=O)Nc2c1c(-c1ccccc1)nn2-c1ccc([N+](=O)[O-])cc1. The van der Waals surface area contributed by atoms with Gasteiger partial charge in [-0.05, 0) is 30.2 Å². The number of carbonyl (C=O) groups is 1.